The van der Waals surface area contributed by atoms with Gasteiger partial charge in [-0.2, -0.15) is 0 Å². The van der Waals surface area contributed by atoms with Gasteiger partial charge in [0.05, 0.1) is 5.41 Å². The van der Waals surface area contributed by atoms with E-state index >= 15 is 0 Å². The number of terminal acetylenes is 1. The van der Waals surface area contributed by atoms with Crippen LogP contribution in [0.4, 0.5) is 0 Å². The van der Waals surface area contributed by atoms with Crippen LogP contribution in [-0.4, -0.2) is 5.78 Å². The summed E-state index contributed by atoms with van der Waals surface area (Å²) in [6, 6.07) is 0. The molecular weight excluding hydrogens is 244 g/mol. The fourth-order valence-electron chi connectivity index (χ4n) is 3.80. The molecule has 0 N–H and O–H groups in total. The van der Waals surface area contributed by atoms with E-state index in [0.29, 0.717) is 12.2 Å². The highest BCUT2D eigenvalue weighted by molar-refractivity contribution is 5.91. The predicted molar refractivity (Wildman–Crippen MR) is 82.7 cm³/mol. The summed E-state index contributed by atoms with van der Waals surface area (Å²) in [5, 5.41) is 0. The smallest absolute Gasteiger partial charge is 0.151 e. The van der Waals surface area contributed by atoms with Crippen LogP contribution in [0.1, 0.15) is 60.8 Å². The quantitative estimate of drug-likeness (QED) is 0.606. The van der Waals surface area contributed by atoms with Crippen molar-refractivity contribution in [2.45, 2.75) is 60.8 Å². The van der Waals surface area contributed by atoms with Crippen molar-refractivity contribution in [2.24, 2.45) is 27.6 Å². The normalized spacial score (nSPS) is 38.9. The van der Waals surface area contributed by atoms with Crippen molar-refractivity contribution in [2.75, 3.05) is 0 Å². The van der Waals surface area contributed by atoms with Gasteiger partial charge in [-0.05, 0) is 51.9 Å². The van der Waals surface area contributed by atoms with Crippen LogP contribution in [0, 0.1) is 51.8 Å². The van der Waals surface area contributed by atoms with Crippen LogP contribution in [0.25, 0.3) is 0 Å². The van der Waals surface area contributed by atoms with Gasteiger partial charge in [0.2, 0.25) is 0 Å². The van der Waals surface area contributed by atoms with Gasteiger partial charge in [0.25, 0.3) is 0 Å². The number of hydrogen-bond acceptors (Lipinski definition) is 1. The molecule has 0 heterocycles. The van der Waals surface area contributed by atoms with Gasteiger partial charge in [-0.15, -0.1) is 6.42 Å². The fraction of sp³-hybridized carbons (Fsp3) is 0.737. The lowest BCUT2D eigenvalue weighted by Crippen LogP contribution is -2.62. The lowest BCUT2D eigenvalue weighted by Gasteiger charge is -2.61. The molecule has 20 heavy (non-hydrogen) atoms. The molecule has 0 aromatic rings. The van der Waals surface area contributed by atoms with Gasteiger partial charge in [-0.25, -0.2) is 0 Å². The van der Waals surface area contributed by atoms with E-state index in [9.17, 15) is 4.79 Å². The van der Waals surface area contributed by atoms with E-state index in [-0.39, 0.29) is 22.2 Å². The standard InChI is InChI=1S/C19H26O/c1-8-18(7)13-19(10-9-16(2,3)4)14(18)11-17(5,6)12-15(19)20/h1,14H,11-13H2,2-7H3. The molecule has 0 bridgehead atoms. The highest BCUT2D eigenvalue weighted by atomic mass is 16.1. The molecule has 0 saturated heterocycles. The van der Waals surface area contributed by atoms with Gasteiger partial charge in [0, 0.05) is 17.3 Å². The van der Waals surface area contributed by atoms with Crippen molar-refractivity contribution in [3.8, 4) is 24.2 Å². The number of carbonyl (C=O) groups is 1. The molecule has 0 aromatic heterocycles. The number of rotatable bonds is 0. The Hall–Kier alpha value is -1.21. The Morgan fingerprint density at radius 1 is 1.25 bits per heavy atom. The second kappa shape index (κ2) is 4.14. The maximum Gasteiger partial charge on any atom is 0.151 e. The number of fused-ring (bicyclic) bond motifs is 1. The third-order valence-electron chi connectivity index (χ3n) is 4.89. The molecular formula is C19H26O. The lowest BCUT2D eigenvalue weighted by molar-refractivity contribution is -0.158. The zero-order chi connectivity index (χ0) is 15.4. The molecule has 3 unspecified atom stereocenters. The molecule has 1 heteroatoms. The molecule has 0 aliphatic heterocycles. The van der Waals surface area contributed by atoms with Crippen molar-refractivity contribution in [1.29, 1.82) is 0 Å². The monoisotopic (exact) mass is 270 g/mol. The zero-order valence-electron chi connectivity index (χ0n) is 13.7. The number of hydrogen-bond donors (Lipinski definition) is 0. The van der Waals surface area contributed by atoms with Gasteiger partial charge in [-0.1, -0.05) is 31.6 Å². The molecule has 0 spiro atoms. The number of carbonyl (C=O) groups excluding carboxylic acids is 1. The Morgan fingerprint density at radius 2 is 1.85 bits per heavy atom. The van der Waals surface area contributed by atoms with Gasteiger partial charge < -0.3 is 0 Å². The average molecular weight is 270 g/mol. The molecule has 1 nitrogen and oxygen atoms in total. The van der Waals surface area contributed by atoms with E-state index in [2.05, 4.69) is 59.3 Å². The van der Waals surface area contributed by atoms with E-state index in [1.165, 1.54) is 0 Å². The third-order valence-corrected chi connectivity index (χ3v) is 4.89. The van der Waals surface area contributed by atoms with Crippen LogP contribution in [0.15, 0.2) is 0 Å². The van der Waals surface area contributed by atoms with Crippen LogP contribution in [-0.2, 0) is 4.79 Å². The Morgan fingerprint density at radius 3 is 2.35 bits per heavy atom. The first-order valence-corrected chi connectivity index (χ1v) is 7.50. The van der Waals surface area contributed by atoms with Crippen LogP contribution in [0.3, 0.4) is 0 Å². The summed E-state index contributed by atoms with van der Waals surface area (Å²) in [5.41, 5.74) is -0.661. The van der Waals surface area contributed by atoms with E-state index in [4.69, 9.17) is 6.42 Å². The Balaban J connectivity index is 2.43. The minimum Gasteiger partial charge on any atom is -0.298 e. The minimum atomic E-state index is -0.468. The van der Waals surface area contributed by atoms with Crippen molar-refractivity contribution in [1.82, 2.24) is 0 Å². The molecule has 2 aliphatic rings. The largest absolute Gasteiger partial charge is 0.298 e. The maximum absolute atomic E-state index is 12.7. The summed E-state index contributed by atoms with van der Waals surface area (Å²) in [6.45, 7) is 12.7. The van der Waals surface area contributed by atoms with Crippen LogP contribution < -0.4 is 0 Å². The topological polar surface area (TPSA) is 17.1 Å². The van der Waals surface area contributed by atoms with E-state index in [1.807, 2.05) is 0 Å². The van der Waals surface area contributed by atoms with E-state index in [1.54, 1.807) is 0 Å². The molecule has 2 aliphatic carbocycles. The summed E-state index contributed by atoms with van der Waals surface area (Å²) in [7, 11) is 0. The predicted octanol–water partition coefficient (Wildman–Crippen LogP) is 4.07. The third kappa shape index (κ3) is 2.29. The minimum absolute atomic E-state index is 0.0488. The summed E-state index contributed by atoms with van der Waals surface area (Å²) < 4.78 is 0. The van der Waals surface area contributed by atoms with Crippen LogP contribution >= 0.6 is 0 Å². The van der Waals surface area contributed by atoms with Gasteiger partial charge >= 0.3 is 0 Å². The second-order valence-corrected chi connectivity index (χ2v) is 8.73. The zero-order valence-corrected chi connectivity index (χ0v) is 13.7. The highest BCUT2D eigenvalue weighted by Gasteiger charge is 2.66. The Labute approximate surface area is 123 Å². The Bertz CT molecular complexity index is 543. The van der Waals surface area contributed by atoms with Gasteiger partial charge in [0.15, 0.2) is 5.78 Å². The summed E-state index contributed by atoms with van der Waals surface area (Å²) in [5.74, 6) is 10.1. The van der Waals surface area contributed by atoms with Crippen molar-refractivity contribution < 1.29 is 4.79 Å². The molecule has 2 saturated carbocycles. The summed E-state index contributed by atoms with van der Waals surface area (Å²) >= 11 is 0. The summed E-state index contributed by atoms with van der Waals surface area (Å²) in [4.78, 5) is 12.7. The second-order valence-electron chi connectivity index (χ2n) is 8.73. The molecule has 2 rings (SSSR count). The van der Waals surface area contributed by atoms with Gasteiger partial charge in [-0.3, -0.25) is 4.79 Å². The van der Waals surface area contributed by atoms with Crippen molar-refractivity contribution in [3.63, 3.8) is 0 Å². The van der Waals surface area contributed by atoms with E-state index in [0.717, 1.165) is 12.8 Å². The molecule has 0 aromatic carbocycles. The Kier molecular flexibility index (Phi) is 3.15. The van der Waals surface area contributed by atoms with Crippen LogP contribution in [0.2, 0.25) is 0 Å². The molecule has 108 valence electrons. The number of ketones is 1. The first-order valence-electron chi connectivity index (χ1n) is 7.50. The number of Topliss-reactive ketones (excluding diaryl/α,β-unsaturated/α-hetero) is 1. The fourth-order valence-corrected chi connectivity index (χ4v) is 3.80. The lowest BCUT2D eigenvalue weighted by atomic mass is 9.39. The SMILES string of the molecule is C#CC1(C)CC2(C#CC(C)(C)C)C(=O)CC(C)(C)CC12. The molecule has 3 atom stereocenters. The first kappa shape index (κ1) is 15.2. The van der Waals surface area contributed by atoms with Crippen molar-refractivity contribution in [3.05, 3.63) is 0 Å². The van der Waals surface area contributed by atoms with E-state index < -0.39 is 5.41 Å². The molecule has 2 fully saturated rings. The first-order chi connectivity index (χ1) is 8.94. The molecule has 0 amide bonds. The maximum atomic E-state index is 12.7. The molecule has 0 radical (unpaired) electrons. The van der Waals surface area contributed by atoms with Gasteiger partial charge in [0.1, 0.15) is 0 Å². The summed E-state index contributed by atoms with van der Waals surface area (Å²) in [6.07, 6.45) is 8.10. The average Bonchev–Trinajstić information content (AvgIpc) is 2.28. The highest BCUT2D eigenvalue weighted by Crippen LogP contribution is 2.66. The van der Waals surface area contributed by atoms with Crippen LogP contribution in [0.5, 0.6) is 0 Å². The van der Waals surface area contributed by atoms with Crippen molar-refractivity contribution >= 4 is 5.78 Å².